The predicted octanol–water partition coefficient (Wildman–Crippen LogP) is 4.51. The second kappa shape index (κ2) is 7.31. The van der Waals surface area contributed by atoms with Gasteiger partial charge < -0.3 is 9.59 Å². The Morgan fingerprint density at radius 1 is 1.36 bits per heavy atom. The van der Waals surface area contributed by atoms with E-state index in [0.717, 1.165) is 16.8 Å². The van der Waals surface area contributed by atoms with Crippen molar-refractivity contribution >= 4 is 0 Å². The molecule has 1 N–H and O–H groups in total. The lowest BCUT2D eigenvalue weighted by molar-refractivity contribution is -0.833. The van der Waals surface area contributed by atoms with Crippen LogP contribution in [0, 0.1) is 17.3 Å². The smallest absolute Gasteiger partial charge is 0.104 e. The van der Waals surface area contributed by atoms with Crippen LogP contribution in [0.1, 0.15) is 58.3 Å². The van der Waals surface area contributed by atoms with Gasteiger partial charge in [-0.05, 0) is 68.3 Å². The van der Waals surface area contributed by atoms with Crippen molar-refractivity contribution in [1.29, 1.82) is 0 Å². The molecule has 0 aromatic heterocycles. The Labute approximate surface area is 137 Å². The lowest BCUT2D eigenvalue weighted by Gasteiger charge is -2.41. The Kier molecular flexibility index (Phi) is 5.90. The molecule has 22 heavy (non-hydrogen) atoms. The van der Waals surface area contributed by atoms with E-state index in [0.29, 0.717) is 12.5 Å². The zero-order chi connectivity index (χ0) is 16.2. The van der Waals surface area contributed by atoms with E-state index in [1.807, 2.05) is 0 Å². The van der Waals surface area contributed by atoms with Crippen molar-refractivity contribution in [2.45, 2.75) is 58.3 Å². The molecule has 0 aromatic rings. The van der Waals surface area contributed by atoms with Crippen LogP contribution in [-0.4, -0.2) is 37.3 Å². The third-order valence-electron chi connectivity index (χ3n) is 6.06. The minimum atomic E-state index is 0.284. The average Bonchev–Trinajstić information content (AvgIpc) is 2.48. The molecule has 0 saturated heterocycles. The lowest BCUT2D eigenvalue weighted by Crippen LogP contribution is -2.38. The number of nitrogens with zero attached hydrogens (tertiary/aromatic N) is 1. The highest BCUT2D eigenvalue weighted by Crippen LogP contribution is 2.44. The van der Waals surface area contributed by atoms with Gasteiger partial charge in [-0.3, -0.25) is 0 Å². The highest BCUT2D eigenvalue weighted by molar-refractivity contribution is 5.05. The highest BCUT2D eigenvalue weighted by Gasteiger charge is 2.37. The third kappa shape index (κ3) is 4.45. The first-order chi connectivity index (χ1) is 10.3. The maximum atomic E-state index is 9.96. The van der Waals surface area contributed by atoms with Crippen LogP contribution >= 0.6 is 0 Å². The number of quaternary nitrogens is 1. The molecule has 0 aromatic carbocycles. The minimum Gasteiger partial charge on any atom is -0.396 e. The lowest BCUT2D eigenvalue weighted by atomic mass is 9.66. The summed E-state index contributed by atoms with van der Waals surface area (Å²) in [6.45, 7) is 2.74. The van der Waals surface area contributed by atoms with Crippen LogP contribution in [0.5, 0.6) is 0 Å². The zero-order valence-corrected chi connectivity index (χ0v) is 15.1. The highest BCUT2D eigenvalue weighted by atomic mass is 16.3. The molecule has 2 heteroatoms. The molecule has 2 rings (SSSR count). The quantitative estimate of drug-likeness (QED) is 0.565. The number of aliphatic hydroxyl groups is 1. The SMILES string of the molecule is C[C@]1(C(CO)CC[C@H]2C=CCCC2)CC=C([N+](C)(C)C)CC1. The summed E-state index contributed by atoms with van der Waals surface area (Å²) in [5.41, 5.74) is 1.83. The van der Waals surface area contributed by atoms with Crippen LogP contribution in [0.15, 0.2) is 23.9 Å². The molecule has 0 amide bonds. The Hall–Kier alpha value is -0.600. The molecular weight excluding hydrogens is 270 g/mol. The monoisotopic (exact) mass is 306 g/mol. The first-order valence-corrected chi connectivity index (χ1v) is 9.14. The Balaban J connectivity index is 1.94. The van der Waals surface area contributed by atoms with Gasteiger partial charge in [-0.15, -0.1) is 0 Å². The van der Waals surface area contributed by atoms with Crippen molar-refractivity contribution in [1.82, 2.24) is 0 Å². The van der Waals surface area contributed by atoms with E-state index >= 15 is 0 Å². The largest absolute Gasteiger partial charge is 0.396 e. The van der Waals surface area contributed by atoms with Crippen molar-refractivity contribution in [2.75, 3.05) is 27.7 Å². The average molecular weight is 307 g/mol. The second-order valence-corrected chi connectivity index (χ2v) is 8.64. The Morgan fingerprint density at radius 3 is 2.64 bits per heavy atom. The van der Waals surface area contributed by atoms with E-state index in [2.05, 4.69) is 46.3 Å². The molecular formula is C20H36NO+. The molecule has 0 fully saturated rings. The van der Waals surface area contributed by atoms with Crippen molar-refractivity contribution in [3.63, 3.8) is 0 Å². The molecule has 0 aliphatic heterocycles. The first kappa shape index (κ1) is 17.7. The summed E-state index contributed by atoms with van der Waals surface area (Å²) in [4.78, 5) is 0. The fourth-order valence-electron chi connectivity index (χ4n) is 4.15. The van der Waals surface area contributed by atoms with Crippen molar-refractivity contribution in [3.8, 4) is 0 Å². The van der Waals surface area contributed by atoms with E-state index < -0.39 is 0 Å². The molecule has 1 unspecified atom stereocenters. The topological polar surface area (TPSA) is 20.2 Å². The van der Waals surface area contributed by atoms with Crippen molar-refractivity contribution < 1.29 is 9.59 Å². The molecule has 0 bridgehead atoms. The van der Waals surface area contributed by atoms with E-state index in [4.69, 9.17) is 0 Å². The fourth-order valence-corrected chi connectivity index (χ4v) is 4.15. The first-order valence-electron chi connectivity index (χ1n) is 9.14. The van der Waals surface area contributed by atoms with E-state index in [-0.39, 0.29) is 5.41 Å². The normalized spacial score (nSPS) is 31.0. The summed E-state index contributed by atoms with van der Waals surface area (Å²) >= 11 is 0. The molecule has 2 aliphatic carbocycles. The summed E-state index contributed by atoms with van der Waals surface area (Å²) in [5, 5.41) is 9.96. The number of aliphatic hydroxyl groups excluding tert-OH is 1. The Morgan fingerprint density at radius 2 is 2.14 bits per heavy atom. The standard InChI is InChI=1S/C20H36NO/c1-20(14-12-19(13-15-20)21(2,3)4)18(16-22)11-10-17-8-6-5-7-9-17/h6,8,12,17-18,22H,5,7,9-11,13-16H2,1-4H3/q+1/t17-,18?,20-/m0/s1. The number of allylic oxidation sites excluding steroid dienone is 4. The van der Waals surface area contributed by atoms with Crippen LogP contribution in [0.25, 0.3) is 0 Å². The molecule has 2 nitrogen and oxygen atoms in total. The van der Waals surface area contributed by atoms with Gasteiger partial charge in [0.2, 0.25) is 0 Å². The molecule has 0 heterocycles. The van der Waals surface area contributed by atoms with E-state index in [1.54, 1.807) is 5.70 Å². The number of rotatable bonds is 6. The van der Waals surface area contributed by atoms with Crippen molar-refractivity contribution in [2.24, 2.45) is 17.3 Å². The second-order valence-electron chi connectivity index (χ2n) is 8.64. The van der Waals surface area contributed by atoms with E-state index in [1.165, 1.54) is 44.9 Å². The fraction of sp³-hybridized carbons (Fsp3) is 0.800. The molecule has 126 valence electrons. The summed E-state index contributed by atoms with van der Waals surface area (Å²) in [6, 6.07) is 0. The molecule has 3 atom stereocenters. The summed E-state index contributed by atoms with van der Waals surface area (Å²) in [5.74, 6) is 1.21. The van der Waals surface area contributed by atoms with Crippen LogP contribution in [0.2, 0.25) is 0 Å². The van der Waals surface area contributed by atoms with Gasteiger partial charge in [-0.25, -0.2) is 0 Å². The molecule has 2 aliphatic rings. The van der Waals surface area contributed by atoms with Crippen LogP contribution in [0.4, 0.5) is 0 Å². The van der Waals surface area contributed by atoms with Crippen LogP contribution < -0.4 is 0 Å². The van der Waals surface area contributed by atoms with Gasteiger partial charge in [0, 0.05) is 13.0 Å². The molecule has 0 saturated carbocycles. The van der Waals surface area contributed by atoms with Gasteiger partial charge >= 0.3 is 0 Å². The molecule has 0 spiro atoms. The number of hydrogen-bond acceptors (Lipinski definition) is 1. The summed E-state index contributed by atoms with van der Waals surface area (Å²) < 4.78 is 0.951. The summed E-state index contributed by atoms with van der Waals surface area (Å²) in [7, 11) is 6.77. The van der Waals surface area contributed by atoms with E-state index in [9.17, 15) is 5.11 Å². The van der Waals surface area contributed by atoms with Gasteiger partial charge in [-0.1, -0.05) is 19.1 Å². The van der Waals surface area contributed by atoms with Gasteiger partial charge in [0.1, 0.15) is 5.70 Å². The zero-order valence-electron chi connectivity index (χ0n) is 15.1. The maximum absolute atomic E-state index is 9.96. The summed E-state index contributed by atoms with van der Waals surface area (Å²) in [6.07, 6.45) is 17.1. The minimum absolute atomic E-state index is 0.284. The van der Waals surface area contributed by atoms with Gasteiger partial charge in [0.05, 0.1) is 21.1 Å². The van der Waals surface area contributed by atoms with Gasteiger partial charge in [0.25, 0.3) is 0 Å². The maximum Gasteiger partial charge on any atom is 0.104 e. The predicted molar refractivity (Wildman–Crippen MR) is 94.4 cm³/mol. The van der Waals surface area contributed by atoms with Crippen molar-refractivity contribution in [3.05, 3.63) is 23.9 Å². The number of hydrogen-bond donors (Lipinski definition) is 1. The Bertz CT molecular complexity index is 418. The van der Waals surface area contributed by atoms with Crippen LogP contribution in [0.3, 0.4) is 0 Å². The van der Waals surface area contributed by atoms with Gasteiger partial charge in [-0.2, -0.15) is 0 Å². The van der Waals surface area contributed by atoms with Crippen LogP contribution in [-0.2, 0) is 0 Å². The van der Waals surface area contributed by atoms with Gasteiger partial charge in [0.15, 0.2) is 0 Å². The third-order valence-corrected chi connectivity index (χ3v) is 6.06. The molecule has 0 radical (unpaired) electrons.